The molecule has 5 rings (SSSR count). The highest BCUT2D eigenvalue weighted by Crippen LogP contribution is 2.44. The quantitative estimate of drug-likeness (QED) is 0.260. The Hall–Kier alpha value is -4.12. The average molecular weight is 520 g/mol. The van der Waals surface area contributed by atoms with E-state index in [-0.39, 0.29) is 36.1 Å². The first kappa shape index (κ1) is 24.6. The molecule has 2 aliphatic rings. The summed E-state index contributed by atoms with van der Waals surface area (Å²) in [5.41, 5.74) is 5.97. The van der Waals surface area contributed by atoms with Gasteiger partial charge in [-0.2, -0.15) is 4.98 Å². The van der Waals surface area contributed by atoms with Crippen LogP contribution in [0.1, 0.15) is 23.1 Å². The fraction of sp³-hybridized carbons (Fsp3) is 0.269. The predicted octanol–water partition coefficient (Wildman–Crippen LogP) is 2.10. The van der Waals surface area contributed by atoms with Crippen LogP contribution in [0.5, 0.6) is 0 Å². The second-order valence-electron chi connectivity index (χ2n) is 8.91. The lowest BCUT2D eigenvalue weighted by Crippen LogP contribution is -2.73. The van der Waals surface area contributed by atoms with Crippen molar-refractivity contribution in [2.75, 3.05) is 18.0 Å². The second kappa shape index (κ2) is 10.1. The fourth-order valence-electron chi connectivity index (χ4n) is 4.44. The molecule has 2 amide bonds. The van der Waals surface area contributed by atoms with E-state index >= 15 is 0 Å². The van der Waals surface area contributed by atoms with Crippen LogP contribution in [-0.4, -0.2) is 56.5 Å². The van der Waals surface area contributed by atoms with Crippen LogP contribution in [0.15, 0.2) is 77.8 Å². The Morgan fingerprint density at radius 2 is 1.86 bits per heavy atom. The highest BCUT2D eigenvalue weighted by atomic mass is 32.2. The van der Waals surface area contributed by atoms with Crippen LogP contribution >= 0.6 is 11.8 Å². The predicted molar refractivity (Wildman–Crippen MR) is 136 cm³/mol. The molecule has 10 nitrogen and oxygen atoms in total. The van der Waals surface area contributed by atoms with E-state index in [9.17, 15) is 14.4 Å². The normalized spacial score (nSPS) is 22.6. The molecule has 1 aromatic heterocycles. The molecule has 3 aromatic rings. The van der Waals surface area contributed by atoms with Gasteiger partial charge < -0.3 is 25.2 Å². The summed E-state index contributed by atoms with van der Waals surface area (Å²) in [6.07, 6.45) is 0.795. The number of aromatic nitrogens is 2. The van der Waals surface area contributed by atoms with Crippen LogP contribution in [0.3, 0.4) is 0 Å². The highest BCUT2D eigenvalue weighted by molar-refractivity contribution is 8.00. The topological polar surface area (TPSA) is 141 Å². The molecule has 0 spiro atoms. The summed E-state index contributed by atoms with van der Waals surface area (Å²) >= 11 is 1.40. The molecular weight excluding hydrogens is 494 g/mol. The zero-order valence-electron chi connectivity index (χ0n) is 19.8. The second-order valence-corrected chi connectivity index (χ2v) is 10.0. The third-order valence-electron chi connectivity index (χ3n) is 6.45. The van der Waals surface area contributed by atoms with Gasteiger partial charge in [-0.3, -0.25) is 14.4 Å². The van der Waals surface area contributed by atoms with Crippen molar-refractivity contribution in [1.29, 1.82) is 0 Å². The van der Waals surface area contributed by atoms with E-state index in [0.29, 0.717) is 5.75 Å². The van der Waals surface area contributed by atoms with Crippen LogP contribution in [0.2, 0.25) is 0 Å². The Morgan fingerprint density at radius 3 is 2.43 bits per heavy atom. The Bertz CT molecular complexity index is 1280. The van der Waals surface area contributed by atoms with Crippen LogP contribution in [0, 0.1) is 5.41 Å². The van der Waals surface area contributed by atoms with E-state index in [0.717, 1.165) is 11.1 Å². The number of amides is 2. The van der Waals surface area contributed by atoms with Crippen LogP contribution in [0.25, 0.3) is 0 Å². The van der Waals surface area contributed by atoms with Gasteiger partial charge in [0.1, 0.15) is 16.8 Å². The molecule has 11 heteroatoms. The van der Waals surface area contributed by atoms with Gasteiger partial charge in [0.25, 0.3) is 0 Å². The number of rotatable bonds is 8. The van der Waals surface area contributed by atoms with Gasteiger partial charge in [0, 0.05) is 12.3 Å². The Kier molecular flexibility index (Phi) is 6.70. The van der Waals surface area contributed by atoms with Crippen LogP contribution < -0.4 is 11.1 Å². The van der Waals surface area contributed by atoms with E-state index in [1.54, 1.807) is 11.0 Å². The molecule has 0 saturated carbocycles. The molecule has 2 aliphatic heterocycles. The van der Waals surface area contributed by atoms with Crippen molar-refractivity contribution in [2.24, 2.45) is 5.41 Å². The Morgan fingerprint density at radius 1 is 1.22 bits per heavy atom. The first-order valence-corrected chi connectivity index (χ1v) is 12.7. The first-order valence-electron chi connectivity index (χ1n) is 11.6. The number of nitrogens with two attached hydrogens (primary N) is 1. The number of ether oxygens (including phenoxy) is 1. The summed E-state index contributed by atoms with van der Waals surface area (Å²) < 4.78 is 10.8. The number of carbonyl (C=O) groups excluding carboxylic acids is 3. The molecule has 2 saturated heterocycles. The maximum atomic E-state index is 13.6. The summed E-state index contributed by atoms with van der Waals surface area (Å²) in [6.45, 7) is 4.02. The summed E-state index contributed by atoms with van der Waals surface area (Å²) in [7, 11) is 0. The van der Waals surface area contributed by atoms with Gasteiger partial charge in [-0.1, -0.05) is 71.9 Å². The molecule has 190 valence electrons. The number of hydrogen-bond acceptors (Lipinski definition) is 9. The summed E-state index contributed by atoms with van der Waals surface area (Å²) in [4.78, 5) is 44.3. The van der Waals surface area contributed by atoms with Crippen molar-refractivity contribution in [1.82, 2.24) is 20.4 Å². The van der Waals surface area contributed by atoms with Crippen molar-refractivity contribution in [2.45, 2.75) is 23.9 Å². The standard InChI is InChI=1S/C26H25N5O5S/c1-2-26(24(34)35-21(16-9-5-3-6-10-16)17-11-7-4-8-12-17)14-31-22(33)20(23(31)37-15-26)29-19(32)13-18-28-25(27)36-30-18/h2-12,20-21,23H,1,13-15H2,(H,29,32)(H2,27,28,30)/t20?,23-,26?/m1/s1. The van der Waals surface area contributed by atoms with Gasteiger partial charge in [-0.25, -0.2) is 0 Å². The van der Waals surface area contributed by atoms with Crippen molar-refractivity contribution in [3.05, 3.63) is 90.3 Å². The molecule has 0 radical (unpaired) electrons. The minimum absolute atomic E-state index is 0.121. The van der Waals surface area contributed by atoms with Crippen molar-refractivity contribution < 1.29 is 23.6 Å². The van der Waals surface area contributed by atoms with Gasteiger partial charge in [-0.05, 0) is 11.1 Å². The number of fused-ring (bicyclic) bond motifs is 1. The molecule has 3 N–H and O–H groups in total. The summed E-state index contributed by atoms with van der Waals surface area (Å²) in [6, 6.07) is 18.2. The summed E-state index contributed by atoms with van der Waals surface area (Å²) in [5.74, 6) is -0.669. The maximum absolute atomic E-state index is 13.6. The van der Waals surface area contributed by atoms with Gasteiger partial charge in [0.15, 0.2) is 11.9 Å². The number of nitrogen functional groups attached to an aromatic ring is 1. The average Bonchev–Trinajstić information content (AvgIpc) is 3.34. The third kappa shape index (κ3) is 4.82. The zero-order chi connectivity index (χ0) is 26.0. The van der Waals surface area contributed by atoms with Gasteiger partial charge in [0.05, 0.1) is 6.42 Å². The smallest absolute Gasteiger partial charge is 0.319 e. The Labute approximate surface area is 217 Å². The lowest BCUT2D eigenvalue weighted by Gasteiger charge is -2.53. The van der Waals surface area contributed by atoms with Crippen LogP contribution in [-0.2, 0) is 25.5 Å². The molecule has 2 unspecified atom stereocenters. The van der Waals surface area contributed by atoms with Crippen molar-refractivity contribution >= 4 is 35.6 Å². The minimum Gasteiger partial charge on any atom is -0.452 e. The van der Waals surface area contributed by atoms with E-state index < -0.39 is 29.4 Å². The van der Waals surface area contributed by atoms with E-state index in [2.05, 4.69) is 26.6 Å². The van der Waals surface area contributed by atoms with Crippen LogP contribution in [0.4, 0.5) is 6.01 Å². The largest absolute Gasteiger partial charge is 0.452 e. The van der Waals surface area contributed by atoms with Crippen molar-refractivity contribution in [3.63, 3.8) is 0 Å². The molecule has 2 aromatic carbocycles. The van der Waals surface area contributed by atoms with E-state index in [1.165, 1.54) is 11.8 Å². The van der Waals surface area contributed by atoms with Gasteiger partial charge in [-0.15, -0.1) is 18.3 Å². The number of β-lactam (4-membered cyclic amide) rings is 1. The summed E-state index contributed by atoms with van der Waals surface area (Å²) in [5, 5.41) is 6.01. The van der Waals surface area contributed by atoms with Crippen molar-refractivity contribution in [3.8, 4) is 0 Å². The van der Waals surface area contributed by atoms with E-state index in [4.69, 9.17) is 10.5 Å². The number of hydrogen-bond donors (Lipinski definition) is 2. The number of carbonyl (C=O) groups is 3. The number of nitrogens with zero attached hydrogens (tertiary/aromatic N) is 3. The zero-order valence-corrected chi connectivity index (χ0v) is 20.6. The molecule has 0 aliphatic carbocycles. The van der Waals surface area contributed by atoms with Gasteiger partial charge >= 0.3 is 12.0 Å². The lowest BCUT2D eigenvalue weighted by molar-refractivity contribution is -0.162. The minimum atomic E-state index is -1.09. The molecule has 2 fully saturated rings. The molecule has 37 heavy (non-hydrogen) atoms. The third-order valence-corrected chi connectivity index (χ3v) is 8.00. The molecule has 0 bridgehead atoms. The molecule has 3 heterocycles. The monoisotopic (exact) mass is 519 g/mol. The molecule has 3 atom stereocenters. The first-order chi connectivity index (χ1) is 17.9. The van der Waals surface area contributed by atoms with Gasteiger partial charge in [0.2, 0.25) is 11.8 Å². The Balaban J connectivity index is 1.27. The maximum Gasteiger partial charge on any atom is 0.319 e. The SMILES string of the molecule is C=CC1(C(=O)OC(c2ccccc2)c2ccccc2)CS[C@@H]2C(NC(=O)Cc3noc(N)n3)C(=O)N2C1. The lowest BCUT2D eigenvalue weighted by atomic mass is 9.87. The molecular formula is C26H25N5O5S. The number of anilines is 1. The number of nitrogens with one attached hydrogen (secondary N) is 1. The highest BCUT2D eigenvalue weighted by Gasteiger charge is 2.57. The number of esters is 1. The number of thioether (sulfide) groups is 1. The number of benzene rings is 2. The van der Waals surface area contributed by atoms with E-state index in [1.807, 2.05) is 60.7 Å². The fourth-order valence-corrected chi connectivity index (χ4v) is 5.97.